The molecule has 10 heteroatoms. The first-order valence-corrected chi connectivity index (χ1v) is 17.7. The molecule has 1 N–H and O–H groups in total. The molecule has 0 aliphatic carbocycles. The zero-order valence-electron chi connectivity index (χ0n) is 11.5. The highest BCUT2D eigenvalue weighted by atomic mass is 29.3. The van der Waals surface area contributed by atoms with Crippen LogP contribution in [0.2, 0.25) is 19.6 Å². The Hall–Kier alpha value is -0.0425. The Bertz CT molecular complexity index is 520. The van der Waals surface area contributed by atoms with Crippen molar-refractivity contribution in [1.82, 2.24) is 0 Å². The minimum atomic E-state index is -4.21. The monoisotopic (exact) mass is 360 g/mol. The highest BCUT2D eigenvalue weighted by Gasteiger charge is 2.89. The topological polar surface area (TPSA) is 20.2 Å². The highest BCUT2D eigenvalue weighted by Crippen LogP contribution is 2.60. The Morgan fingerprint density at radius 3 is 2.30 bits per heavy atom. The molecule has 4 atom stereocenters. The standard InChI is InChI=1S/C10H17F5OSi4/c1-6(11)5-9(14)7(12)8(13)18(19(2,3)4)10(15)17-20(9,10)16/h16,18H,1,5,17H2,2-4H3. The van der Waals surface area contributed by atoms with Gasteiger partial charge in [0.15, 0.2) is 11.1 Å². The van der Waals surface area contributed by atoms with E-state index in [4.69, 9.17) is 0 Å². The van der Waals surface area contributed by atoms with Crippen molar-refractivity contribution in [3.05, 3.63) is 23.7 Å². The van der Waals surface area contributed by atoms with E-state index >= 15 is 0 Å². The van der Waals surface area contributed by atoms with Gasteiger partial charge in [-0.1, -0.05) is 26.2 Å². The number of hydrogen-bond donors (Lipinski definition) is 1. The van der Waals surface area contributed by atoms with Gasteiger partial charge in [-0.05, 0) is 0 Å². The highest BCUT2D eigenvalue weighted by molar-refractivity contribution is 7.58. The zero-order chi connectivity index (χ0) is 15.7. The minimum Gasteiger partial charge on any atom is -0.429 e. The number of alkyl halides is 2. The third kappa shape index (κ3) is 1.84. The summed E-state index contributed by atoms with van der Waals surface area (Å²) >= 11 is 0. The van der Waals surface area contributed by atoms with E-state index in [2.05, 4.69) is 6.58 Å². The van der Waals surface area contributed by atoms with Crippen molar-refractivity contribution in [2.45, 2.75) is 35.9 Å². The first kappa shape index (κ1) is 16.3. The summed E-state index contributed by atoms with van der Waals surface area (Å²) in [5.74, 6) is -2.93. The molecule has 1 saturated heterocycles. The van der Waals surface area contributed by atoms with Crippen molar-refractivity contribution >= 4 is 32.8 Å². The number of rotatable bonds is 3. The van der Waals surface area contributed by atoms with Crippen LogP contribution in [-0.4, -0.2) is 47.4 Å². The summed E-state index contributed by atoms with van der Waals surface area (Å²) in [5.41, 5.74) is -1.32. The first-order valence-electron chi connectivity index (χ1n) is 6.30. The maximum atomic E-state index is 15.0. The lowest BCUT2D eigenvalue weighted by Crippen LogP contribution is -2.66. The molecule has 4 unspecified atom stereocenters. The van der Waals surface area contributed by atoms with Crippen LogP contribution < -0.4 is 0 Å². The van der Waals surface area contributed by atoms with E-state index in [0.717, 1.165) is 0 Å². The van der Waals surface area contributed by atoms with Crippen molar-refractivity contribution in [2.24, 2.45) is 0 Å². The molecule has 0 radical (unpaired) electrons. The fraction of sp³-hybridized carbons (Fsp3) is 0.600. The Labute approximate surface area is 119 Å². The number of halogens is 5. The number of fused-ring (bicyclic) bond motifs is 1. The molecule has 2 heterocycles. The maximum Gasteiger partial charge on any atom is 0.247 e. The second kappa shape index (κ2) is 4.24. The van der Waals surface area contributed by atoms with Crippen LogP contribution in [0.15, 0.2) is 23.7 Å². The Morgan fingerprint density at radius 1 is 1.40 bits per heavy atom. The van der Waals surface area contributed by atoms with Gasteiger partial charge >= 0.3 is 0 Å². The quantitative estimate of drug-likeness (QED) is 0.601. The largest absolute Gasteiger partial charge is 0.429 e. The summed E-state index contributed by atoms with van der Waals surface area (Å²) in [5, 5.41) is -3.19. The molecule has 0 aromatic heterocycles. The fourth-order valence-corrected chi connectivity index (χ4v) is 48.7. The average Bonchev–Trinajstić information content (AvgIpc) is 2.78. The van der Waals surface area contributed by atoms with Crippen LogP contribution >= 0.6 is 0 Å². The number of allylic oxidation sites excluding steroid dienone is 2. The Kier molecular flexibility index (Phi) is 3.46. The van der Waals surface area contributed by atoms with E-state index < -0.39 is 66.1 Å². The zero-order valence-corrected chi connectivity index (χ0v) is 16.1. The van der Waals surface area contributed by atoms with Crippen molar-refractivity contribution < 1.29 is 26.7 Å². The average molecular weight is 361 g/mol. The van der Waals surface area contributed by atoms with Gasteiger partial charge in [0.2, 0.25) is 7.83 Å². The maximum absolute atomic E-state index is 15.0. The summed E-state index contributed by atoms with van der Waals surface area (Å²) in [6.45, 7) is 7.96. The second-order valence-corrected chi connectivity index (χ2v) is 31.8. The molecule has 114 valence electrons. The molecule has 0 amide bonds. The lowest BCUT2D eigenvalue weighted by atomic mass is 10.2. The van der Waals surface area contributed by atoms with Crippen LogP contribution in [0.3, 0.4) is 0 Å². The van der Waals surface area contributed by atoms with E-state index in [1.54, 1.807) is 19.6 Å². The lowest BCUT2D eigenvalue weighted by molar-refractivity contribution is 0.209. The van der Waals surface area contributed by atoms with Gasteiger partial charge in [0.1, 0.15) is 18.3 Å². The van der Waals surface area contributed by atoms with Gasteiger partial charge in [-0.2, -0.15) is 0 Å². The molecule has 0 saturated carbocycles. The second-order valence-electron chi connectivity index (χ2n) is 6.86. The van der Waals surface area contributed by atoms with E-state index in [-0.39, 0.29) is 0 Å². The van der Waals surface area contributed by atoms with E-state index in [1.807, 2.05) is 0 Å². The third-order valence-corrected chi connectivity index (χ3v) is 34.4. The summed E-state index contributed by atoms with van der Waals surface area (Å²) in [6, 6.07) is 0. The van der Waals surface area contributed by atoms with Crippen LogP contribution in [0.1, 0.15) is 6.42 Å². The van der Waals surface area contributed by atoms with Crippen LogP contribution in [0.5, 0.6) is 0 Å². The molecule has 2 aliphatic heterocycles. The summed E-state index contributed by atoms with van der Waals surface area (Å²) in [4.78, 5) is 10.4. The van der Waals surface area contributed by atoms with Gasteiger partial charge in [0, 0.05) is 14.0 Å². The molecule has 1 fully saturated rings. The molecule has 0 aromatic rings. The summed E-state index contributed by atoms with van der Waals surface area (Å²) < 4.78 is 69.0. The van der Waals surface area contributed by atoms with Gasteiger partial charge in [0.05, 0.1) is 14.9 Å². The van der Waals surface area contributed by atoms with Crippen LogP contribution in [0, 0.1) is 0 Å². The number of hydrogen-bond acceptors (Lipinski definition) is 1. The van der Waals surface area contributed by atoms with Crippen LogP contribution in [0.4, 0.5) is 22.0 Å². The molecule has 20 heavy (non-hydrogen) atoms. The SMILES string of the molecule is C=C(F)CC1(F)C(F)=C(F)[SiH]([Si](C)(C)C)C2(F)[SiH2][Si]12O. The normalized spacial score (nSPS) is 45.5. The third-order valence-electron chi connectivity index (χ3n) is 4.30. The van der Waals surface area contributed by atoms with E-state index in [9.17, 15) is 26.7 Å². The van der Waals surface area contributed by atoms with Crippen molar-refractivity contribution in [2.75, 3.05) is 0 Å². The molecule has 0 spiro atoms. The molecule has 0 aromatic carbocycles. The fourth-order valence-electron chi connectivity index (χ4n) is 3.39. The van der Waals surface area contributed by atoms with Gasteiger partial charge in [0.25, 0.3) is 0 Å². The van der Waals surface area contributed by atoms with E-state index in [0.29, 0.717) is 0 Å². The molecular formula is C10H17F5OSi4. The summed E-state index contributed by atoms with van der Waals surface area (Å²) in [7, 11) is -11.6. The van der Waals surface area contributed by atoms with Crippen LogP contribution in [-0.2, 0) is 0 Å². The van der Waals surface area contributed by atoms with Crippen molar-refractivity contribution in [1.29, 1.82) is 0 Å². The molecular weight excluding hydrogens is 343 g/mol. The molecule has 2 rings (SSSR count). The lowest BCUT2D eigenvalue weighted by Gasteiger charge is -2.40. The Morgan fingerprint density at radius 2 is 1.90 bits per heavy atom. The molecule has 0 bridgehead atoms. The summed E-state index contributed by atoms with van der Waals surface area (Å²) in [6.07, 6.45) is -1.17. The smallest absolute Gasteiger partial charge is 0.247 e. The molecule has 1 nitrogen and oxygen atoms in total. The van der Waals surface area contributed by atoms with Gasteiger partial charge in [-0.3, -0.25) is 4.39 Å². The van der Waals surface area contributed by atoms with Crippen molar-refractivity contribution in [3.8, 4) is 0 Å². The molecule has 2 aliphatic rings. The predicted octanol–water partition coefficient (Wildman–Crippen LogP) is 1.82. The van der Waals surface area contributed by atoms with E-state index in [1.165, 1.54) is 0 Å². The first-order chi connectivity index (χ1) is 8.81. The Balaban J connectivity index is 2.62. The van der Waals surface area contributed by atoms with Gasteiger partial charge in [-0.25, -0.2) is 17.6 Å². The van der Waals surface area contributed by atoms with Gasteiger partial charge < -0.3 is 4.80 Å². The van der Waals surface area contributed by atoms with Crippen molar-refractivity contribution in [3.63, 3.8) is 0 Å². The van der Waals surface area contributed by atoms with Gasteiger partial charge in [-0.15, -0.1) is 0 Å². The predicted molar refractivity (Wildman–Crippen MR) is 78.8 cm³/mol. The van der Waals surface area contributed by atoms with Crippen LogP contribution in [0.25, 0.3) is 0 Å². The minimum absolute atomic E-state index is 1.17.